The van der Waals surface area contributed by atoms with E-state index in [1.165, 1.54) is 19.3 Å². The number of anilines is 1. The summed E-state index contributed by atoms with van der Waals surface area (Å²) in [5.41, 5.74) is 0.953. The highest BCUT2D eigenvalue weighted by molar-refractivity contribution is 5.95. The molecule has 2 N–H and O–H groups in total. The summed E-state index contributed by atoms with van der Waals surface area (Å²) in [7, 11) is 0. The first-order valence-electron chi connectivity index (χ1n) is 5.82. The van der Waals surface area contributed by atoms with Gasteiger partial charge >= 0.3 is 0 Å². The standard InChI is InChI=1S/C11H18N4O/c16-7-6-15-9-10(8-13-15)14-11-4-2-1-3-5-12-11/h8-9,16H,1-7H2,(H,12,14). The molecule has 0 amide bonds. The van der Waals surface area contributed by atoms with Crippen LogP contribution < -0.4 is 5.32 Å². The molecule has 0 saturated carbocycles. The van der Waals surface area contributed by atoms with Crippen LogP contribution in [-0.2, 0) is 6.54 Å². The highest BCUT2D eigenvalue weighted by Gasteiger charge is 2.05. The monoisotopic (exact) mass is 222 g/mol. The van der Waals surface area contributed by atoms with Gasteiger partial charge in [-0.15, -0.1) is 0 Å². The lowest BCUT2D eigenvalue weighted by molar-refractivity contribution is 0.269. The Morgan fingerprint density at radius 1 is 1.38 bits per heavy atom. The molecule has 16 heavy (non-hydrogen) atoms. The van der Waals surface area contributed by atoms with E-state index in [2.05, 4.69) is 15.4 Å². The Morgan fingerprint density at radius 2 is 2.31 bits per heavy atom. The predicted molar refractivity (Wildman–Crippen MR) is 63.7 cm³/mol. The third-order valence-electron chi connectivity index (χ3n) is 2.63. The zero-order chi connectivity index (χ0) is 11.2. The van der Waals surface area contributed by atoms with Crippen molar-refractivity contribution in [2.24, 2.45) is 4.99 Å². The maximum absolute atomic E-state index is 8.78. The van der Waals surface area contributed by atoms with Crippen LogP contribution in [0.2, 0.25) is 0 Å². The lowest BCUT2D eigenvalue weighted by atomic mass is 10.2. The van der Waals surface area contributed by atoms with E-state index in [1.54, 1.807) is 10.9 Å². The summed E-state index contributed by atoms with van der Waals surface area (Å²) in [4.78, 5) is 4.49. The van der Waals surface area contributed by atoms with Crippen molar-refractivity contribution in [2.45, 2.75) is 32.2 Å². The molecule has 0 saturated heterocycles. The molecule has 0 aliphatic carbocycles. The van der Waals surface area contributed by atoms with Gasteiger partial charge in [-0.25, -0.2) is 0 Å². The molecule has 5 heteroatoms. The topological polar surface area (TPSA) is 62.4 Å². The first kappa shape index (κ1) is 11.1. The van der Waals surface area contributed by atoms with E-state index in [1.807, 2.05) is 6.20 Å². The molecular weight excluding hydrogens is 204 g/mol. The number of amidine groups is 1. The van der Waals surface area contributed by atoms with Gasteiger partial charge in [0.2, 0.25) is 0 Å². The Hall–Kier alpha value is -1.36. The zero-order valence-corrected chi connectivity index (χ0v) is 9.39. The van der Waals surface area contributed by atoms with Crippen LogP contribution in [0.25, 0.3) is 0 Å². The fraction of sp³-hybridized carbons (Fsp3) is 0.636. The largest absolute Gasteiger partial charge is 0.394 e. The minimum atomic E-state index is 0.113. The SMILES string of the molecule is OCCn1cc(NC2=NCCCCC2)cn1. The molecule has 0 atom stereocenters. The van der Waals surface area contributed by atoms with Crippen molar-refractivity contribution in [2.75, 3.05) is 18.5 Å². The smallest absolute Gasteiger partial charge is 0.101 e. The van der Waals surface area contributed by atoms with Gasteiger partial charge in [-0.05, 0) is 12.8 Å². The molecule has 1 aliphatic rings. The molecule has 1 aliphatic heterocycles. The van der Waals surface area contributed by atoms with Crippen LogP contribution in [-0.4, -0.2) is 33.9 Å². The van der Waals surface area contributed by atoms with Crippen molar-refractivity contribution in [3.05, 3.63) is 12.4 Å². The van der Waals surface area contributed by atoms with Crippen LogP contribution in [0.5, 0.6) is 0 Å². The molecule has 0 fully saturated rings. The highest BCUT2D eigenvalue weighted by atomic mass is 16.3. The average Bonchev–Trinajstić information content (AvgIpc) is 2.56. The minimum absolute atomic E-state index is 0.113. The maximum Gasteiger partial charge on any atom is 0.101 e. The normalized spacial score (nSPS) is 16.7. The molecule has 2 heterocycles. The molecular formula is C11H18N4O. The van der Waals surface area contributed by atoms with Crippen LogP contribution in [0.3, 0.4) is 0 Å². The van der Waals surface area contributed by atoms with E-state index in [4.69, 9.17) is 5.11 Å². The van der Waals surface area contributed by atoms with Crippen molar-refractivity contribution in [1.29, 1.82) is 0 Å². The van der Waals surface area contributed by atoms with Crippen molar-refractivity contribution in [1.82, 2.24) is 9.78 Å². The van der Waals surface area contributed by atoms with Gasteiger partial charge in [-0.1, -0.05) is 6.42 Å². The highest BCUT2D eigenvalue weighted by Crippen LogP contribution is 2.11. The number of aliphatic hydroxyl groups excluding tert-OH is 1. The van der Waals surface area contributed by atoms with Gasteiger partial charge < -0.3 is 10.4 Å². The number of hydrogen-bond donors (Lipinski definition) is 2. The van der Waals surface area contributed by atoms with E-state index in [0.29, 0.717) is 6.54 Å². The molecule has 0 unspecified atom stereocenters. The lowest BCUT2D eigenvalue weighted by Crippen LogP contribution is -2.11. The van der Waals surface area contributed by atoms with Gasteiger partial charge in [0.1, 0.15) is 5.84 Å². The molecule has 2 rings (SSSR count). The summed E-state index contributed by atoms with van der Waals surface area (Å²) >= 11 is 0. The predicted octanol–water partition coefficient (Wildman–Crippen LogP) is 1.26. The second kappa shape index (κ2) is 5.65. The average molecular weight is 222 g/mol. The zero-order valence-electron chi connectivity index (χ0n) is 9.39. The molecule has 0 radical (unpaired) electrons. The summed E-state index contributed by atoms with van der Waals surface area (Å²) in [6.07, 6.45) is 8.34. The summed E-state index contributed by atoms with van der Waals surface area (Å²) in [5, 5.41) is 16.2. The molecule has 88 valence electrons. The Bertz CT molecular complexity index is 359. The van der Waals surface area contributed by atoms with Crippen molar-refractivity contribution >= 4 is 11.5 Å². The van der Waals surface area contributed by atoms with Crippen molar-refractivity contribution in [3.8, 4) is 0 Å². The molecule has 0 bridgehead atoms. The molecule has 1 aromatic rings. The first-order chi connectivity index (χ1) is 7.88. The molecule has 0 spiro atoms. The van der Waals surface area contributed by atoms with E-state index >= 15 is 0 Å². The molecule has 1 aromatic heterocycles. The van der Waals surface area contributed by atoms with Crippen molar-refractivity contribution in [3.63, 3.8) is 0 Å². The number of nitrogens with zero attached hydrogens (tertiary/aromatic N) is 3. The number of rotatable bonds is 3. The fourth-order valence-corrected chi connectivity index (χ4v) is 1.80. The quantitative estimate of drug-likeness (QED) is 0.809. The fourth-order valence-electron chi connectivity index (χ4n) is 1.80. The molecule has 5 nitrogen and oxygen atoms in total. The van der Waals surface area contributed by atoms with Gasteiger partial charge in [0.15, 0.2) is 0 Å². The van der Waals surface area contributed by atoms with Gasteiger partial charge in [-0.3, -0.25) is 9.67 Å². The van der Waals surface area contributed by atoms with Crippen LogP contribution in [0, 0.1) is 0 Å². The third-order valence-corrected chi connectivity index (χ3v) is 2.63. The van der Waals surface area contributed by atoms with Gasteiger partial charge in [-0.2, -0.15) is 5.10 Å². The summed E-state index contributed by atoms with van der Waals surface area (Å²) in [6.45, 7) is 1.57. The Morgan fingerprint density at radius 3 is 3.19 bits per heavy atom. The molecule has 0 aromatic carbocycles. The summed E-state index contributed by atoms with van der Waals surface area (Å²) in [5.74, 6) is 1.06. The Balaban J connectivity index is 1.94. The first-order valence-corrected chi connectivity index (χ1v) is 5.82. The van der Waals surface area contributed by atoms with E-state index in [9.17, 15) is 0 Å². The van der Waals surface area contributed by atoms with E-state index < -0.39 is 0 Å². The van der Waals surface area contributed by atoms with Gasteiger partial charge in [0.25, 0.3) is 0 Å². The minimum Gasteiger partial charge on any atom is -0.394 e. The van der Waals surface area contributed by atoms with Crippen LogP contribution >= 0.6 is 0 Å². The maximum atomic E-state index is 8.78. The van der Waals surface area contributed by atoms with Gasteiger partial charge in [0.05, 0.1) is 25.0 Å². The Labute approximate surface area is 95.2 Å². The third kappa shape index (κ3) is 3.06. The second-order valence-corrected chi connectivity index (χ2v) is 3.98. The van der Waals surface area contributed by atoms with Crippen LogP contribution in [0.4, 0.5) is 5.69 Å². The summed E-state index contributed by atoms with van der Waals surface area (Å²) < 4.78 is 1.72. The van der Waals surface area contributed by atoms with Crippen LogP contribution in [0.15, 0.2) is 17.4 Å². The van der Waals surface area contributed by atoms with E-state index in [-0.39, 0.29) is 6.61 Å². The summed E-state index contributed by atoms with van der Waals surface area (Å²) in [6, 6.07) is 0. The van der Waals surface area contributed by atoms with Crippen molar-refractivity contribution < 1.29 is 5.11 Å². The number of aromatic nitrogens is 2. The second-order valence-electron chi connectivity index (χ2n) is 3.98. The van der Waals surface area contributed by atoms with Gasteiger partial charge in [0, 0.05) is 19.2 Å². The van der Waals surface area contributed by atoms with Crippen LogP contribution in [0.1, 0.15) is 25.7 Å². The number of aliphatic imine (C=N–C) groups is 1. The number of aliphatic hydroxyl groups is 1. The lowest BCUT2D eigenvalue weighted by Gasteiger charge is -2.04. The van der Waals surface area contributed by atoms with E-state index in [0.717, 1.165) is 24.5 Å². The number of nitrogens with one attached hydrogen (secondary N) is 1. The number of hydrogen-bond acceptors (Lipinski definition) is 4. The Kier molecular flexibility index (Phi) is 3.93.